The molecule has 0 N–H and O–H groups in total. The second-order valence-electron chi connectivity index (χ2n) is 7.87. The van der Waals surface area contributed by atoms with E-state index in [-0.39, 0.29) is 18.2 Å². The van der Waals surface area contributed by atoms with Crippen LogP contribution in [-0.2, 0) is 16.1 Å². The molecular weight excluding hydrogens is 372 g/mol. The van der Waals surface area contributed by atoms with Gasteiger partial charge in [0.2, 0.25) is 11.8 Å². The van der Waals surface area contributed by atoms with E-state index in [4.69, 9.17) is 0 Å². The van der Waals surface area contributed by atoms with E-state index in [2.05, 4.69) is 22.8 Å². The minimum Gasteiger partial charge on any atom is -0.343 e. The van der Waals surface area contributed by atoms with Gasteiger partial charge in [-0.1, -0.05) is 66.2 Å². The molecule has 1 aromatic heterocycles. The molecule has 0 aliphatic carbocycles. The zero-order valence-corrected chi connectivity index (χ0v) is 16.8. The summed E-state index contributed by atoms with van der Waals surface area (Å²) in [5.74, 6) is -0.749. The van der Waals surface area contributed by atoms with Crippen molar-refractivity contribution in [3.05, 3.63) is 102 Å². The Bertz CT molecular complexity index is 1240. The first-order chi connectivity index (χ1) is 14.6. The van der Waals surface area contributed by atoms with E-state index in [1.54, 1.807) is 0 Å². The Hall–Kier alpha value is -3.66. The molecule has 0 radical (unpaired) electrons. The highest BCUT2D eigenvalue weighted by Gasteiger charge is 2.41. The molecule has 1 fully saturated rings. The predicted octanol–water partition coefficient (Wildman–Crippen LogP) is 5.05. The number of hydrogen-bond donors (Lipinski definition) is 0. The highest BCUT2D eigenvalue weighted by atomic mass is 16.2. The van der Waals surface area contributed by atoms with E-state index in [1.165, 1.54) is 10.5 Å². The SMILES string of the molecule is Cc1ccc(N2C(=O)C[C@@H](c3cn(Cc4ccccc4)c4ccccc34)C2=O)cc1. The molecule has 30 heavy (non-hydrogen) atoms. The molecule has 1 saturated heterocycles. The van der Waals surface area contributed by atoms with E-state index in [1.807, 2.05) is 73.8 Å². The summed E-state index contributed by atoms with van der Waals surface area (Å²) in [5.41, 5.74) is 4.93. The summed E-state index contributed by atoms with van der Waals surface area (Å²) in [5, 5.41) is 1.03. The number of fused-ring (bicyclic) bond motifs is 1. The summed E-state index contributed by atoms with van der Waals surface area (Å²) < 4.78 is 2.17. The van der Waals surface area contributed by atoms with Crippen molar-refractivity contribution in [2.75, 3.05) is 4.90 Å². The normalized spacial score (nSPS) is 16.6. The van der Waals surface area contributed by atoms with Gasteiger partial charge in [-0.05, 0) is 36.2 Å². The molecule has 148 valence electrons. The third-order valence-corrected chi connectivity index (χ3v) is 5.83. The molecule has 5 rings (SSSR count). The number of carbonyl (C=O) groups is 2. The molecule has 4 aromatic rings. The van der Waals surface area contributed by atoms with Crippen LogP contribution >= 0.6 is 0 Å². The Labute approximate surface area is 175 Å². The predicted molar refractivity (Wildman–Crippen MR) is 119 cm³/mol. The van der Waals surface area contributed by atoms with E-state index >= 15 is 0 Å². The van der Waals surface area contributed by atoms with Crippen LogP contribution in [-0.4, -0.2) is 16.4 Å². The van der Waals surface area contributed by atoms with Crippen molar-refractivity contribution in [1.82, 2.24) is 4.57 Å². The smallest absolute Gasteiger partial charge is 0.241 e. The Morgan fingerprint density at radius 1 is 0.867 bits per heavy atom. The standard InChI is InChI=1S/C26H22N2O2/c1-18-11-13-20(14-12-18)28-25(29)15-22(26(28)30)23-17-27(16-19-7-3-2-4-8-19)24-10-6-5-9-21(23)24/h2-14,17,22H,15-16H2,1H3/t22-/m0/s1. The molecule has 2 amide bonds. The molecule has 0 saturated carbocycles. The van der Waals surface area contributed by atoms with Crippen LogP contribution in [0.4, 0.5) is 5.69 Å². The zero-order valence-electron chi connectivity index (χ0n) is 16.8. The lowest BCUT2D eigenvalue weighted by Crippen LogP contribution is -2.29. The third-order valence-electron chi connectivity index (χ3n) is 5.83. The van der Waals surface area contributed by atoms with Gasteiger partial charge in [0.05, 0.1) is 11.6 Å². The molecule has 1 atom stereocenters. The van der Waals surface area contributed by atoms with Crippen molar-refractivity contribution >= 4 is 28.4 Å². The van der Waals surface area contributed by atoms with Crippen molar-refractivity contribution in [1.29, 1.82) is 0 Å². The minimum absolute atomic E-state index is 0.145. The number of amides is 2. The summed E-state index contributed by atoms with van der Waals surface area (Å²) in [7, 11) is 0. The number of nitrogens with zero attached hydrogens (tertiary/aromatic N) is 2. The van der Waals surface area contributed by atoms with E-state index in [0.29, 0.717) is 5.69 Å². The summed E-state index contributed by atoms with van der Waals surface area (Å²) >= 11 is 0. The van der Waals surface area contributed by atoms with Gasteiger partial charge in [0.25, 0.3) is 0 Å². The number of aryl methyl sites for hydroxylation is 1. The Balaban J connectivity index is 1.54. The number of hydrogen-bond acceptors (Lipinski definition) is 2. The fourth-order valence-electron chi connectivity index (χ4n) is 4.30. The average molecular weight is 394 g/mol. The summed E-state index contributed by atoms with van der Waals surface area (Å²) in [6.07, 6.45) is 2.25. The fraction of sp³-hybridized carbons (Fsp3) is 0.154. The molecule has 0 unspecified atom stereocenters. The molecule has 1 aliphatic heterocycles. The van der Waals surface area contributed by atoms with Gasteiger partial charge in [0.15, 0.2) is 0 Å². The third kappa shape index (κ3) is 3.11. The molecule has 1 aliphatic rings. The van der Waals surface area contributed by atoms with Gasteiger partial charge >= 0.3 is 0 Å². The zero-order chi connectivity index (χ0) is 20.7. The second-order valence-corrected chi connectivity index (χ2v) is 7.87. The number of benzene rings is 3. The summed E-state index contributed by atoms with van der Waals surface area (Å²) in [4.78, 5) is 27.4. The highest BCUT2D eigenvalue weighted by Crippen LogP contribution is 2.37. The maximum absolute atomic E-state index is 13.3. The first-order valence-corrected chi connectivity index (χ1v) is 10.2. The molecule has 0 spiro atoms. The molecule has 0 bridgehead atoms. The minimum atomic E-state index is -0.458. The van der Waals surface area contributed by atoms with E-state index in [9.17, 15) is 9.59 Å². The maximum Gasteiger partial charge on any atom is 0.241 e. The summed E-state index contributed by atoms with van der Waals surface area (Å²) in [6, 6.07) is 25.9. The lowest BCUT2D eigenvalue weighted by atomic mass is 9.97. The first-order valence-electron chi connectivity index (χ1n) is 10.2. The van der Waals surface area contributed by atoms with E-state index in [0.717, 1.165) is 28.6 Å². The molecule has 4 heteroatoms. The van der Waals surface area contributed by atoms with Crippen LogP contribution in [0.1, 0.15) is 29.0 Å². The second kappa shape index (κ2) is 7.30. The van der Waals surface area contributed by atoms with Crippen molar-refractivity contribution in [3.8, 4) is 0 Å². The lowest BCUT2D eigenvalue weighted by molar-refractivity contribution is -0.121. The number of aromatic nitrogens is 1. The molecule has 3 aromatic carbocycles. The highest BCUT2D eigenvalue weighted by molar-refractivity contribution is 6.23. The van der Waals surface area contributed by atoms with Crippen molar-refractivity contribution < 1.29 is 9.59 Å². The van der Waals surface area contributed by atoms with Crippen LogP contribution in [0.5, 0.6) is 0 Å². The first kappa shape index (κ1) is 18.4. The topological polar surface area (TPSA) is 42.3 Å². The van der Waals surface area contributed by atoms with Crippen LogP contribution in [0.25, 0.3) is 10.9 Å². The molecular formula is C26H22N2O2. The fourth-order valence-corrected chi connectivity index (χ4v) is 4.30. The van der Waals surface area contributed by atoms with Gasteiger partial charge in [-0.25, -0.2) is 0 Å². The van der Waals surface area contributed by atoms with Crippen LogP contribution in [0.15, 0.2) is 85.1 Å². The van der Waals surface area contributed by atoms with Crippen LogP contribution in [0.3, 0.4) is 0 Å². The van der Waals surface area contributed by atoms with Gasteiger partial charge in [0, 0.05) is 30.1 Å². The Morgan fingerprint density at radius 3 is 2.33 bits per heavy atom. The van der Waals surface area contributed by atoms with Gasteiger partial charge in [-0.2, -0.15) is 0 Å². The number of carbonyl (C=O) groups excluding carboxylic acids is 2. The van der Waals surface area contributed by atoms with Gasteiger partial charge in [0.1, 0.15) is 0 Å². The van der Waals surface area contributed by atoms with Crippen LogP contribution in [0.2, 0.25) is 0 Å². The van der Waals surface area contributed by atoms with E-state index < -0.39 is 5.92 Å². The number of rotatable bonds is 4. The maximum atomic E-state index is 13.3. The average Bonchev–Trinajstić information content (AvgIpc) is 3.26. The van der Waals surface area contributed by atoms with Crippen LogP contribution < -0.4 is 4.90 Å². The van der Waals surface area contributed by atoms with Crippen molar-refractivity contribution in [2.24, 2.45) is 0 Å². The van der Waals surface area contributed by atoms with Gasteiger partial charge in [-0.3, -0.25) is 14.5 Å². The van der Waals surface area contributed by atoms with Crippen molar-refractivity contribution in [3.63, 3.8) is 0 Å². The quantitative estimate of drug-likeness (QED) is 0.455. The number of anilines is 1. The van der Waals surface area contributed by atoms with Crippen molar-refractivity contribution in [2.45, 2.75) is 25.8 Å². The lowest BCUT2D eigenvalue weighted by Gasteiger charge is -2.15. The molecule has 4 nitrogen and oxygen atoms in total. The Kier molecular flexibility index (Phi) is 4.47. The number of imide groups is 1. The number of para-hydroxylation sites is 1. The molecule has 2 heterocycles. The van der Waals surface area contributed by atoms with Gasteiger partial charge < -0.3 is 4.57 Å². The largest absolute Gasteiger partial charge is 0.343 e. The Morgan fingerprint density at radius 2 is 1.57 bits per heavy atom. The van der Waals surface area contributed by atoms with Crippen LogP contribution in [0, 0.1) is 6.92 Å². The summed E-state index contributed by atoms with van der Waals surface area (Å²) in [6.45, 7) is 2.71. The monoisotopic (exact) mass is 394 g/mol. The van der Waals surface area contributed by atoms with Gasteiger partial charge in [-0.15, -0.1) is 0 Å².